The molecule has 5 heteroatoms. The van der Waals surface area contributed by atoms with Crippen LogP contribution in [0.3, 0.4) is 0 Å². The predicted octanol–water partition coefficient (Wildman–Crippen LogP) is 2.01. The highest BCUT2D eigenvalue weighted by molar-refractivity contribution is 5.91. The van der Waals surface area contributed by atoms with E-state index in [4.69, 9.17) is 10.5 Å². The molecular weight excluding hydrogens is 292 g/mol. The zero-order valence-corrected chi connectivity index (χ0v) is 12.7. The number of benzene rings is 2. The quantitative estimate of drug-likeness (QED) is 0.695. The van der Waals surface area contributed by atoms with Crippen molar-refractivity contribution in [1.82, 2.24) is 4.90 Å². The number of esters is 1. The molecule has 1 aliphatic rings. The molecule has 5 nitrogen and oxygen atoms in total. The summed E-state index contributed by atoms with van der Waals surface area (Å²) in [5.74, 6) is -0.695. The molecule has 0 spiro atoms. The van der Waals surface area contributed by atoms with Gasteiger partial charge in [0.15, 0.2) is 6.61 Å². The summed E-state index contributed by atoms with van der Waals surface area (Å²) in [4.78, 5) is 25.9. The highest BCUT2D eigenvalue weighted by Crippen LogP contribution is 2.18. The van der Waals surface area contributed by atoms with Crippen LogP contribution in [-0.4, -0.2) is 29.9 Å². The first-order valence-electron chi connectivity index (χ1n) is 7.51. The number of amides is 1. The van der Waals surface area contributed by atoms with Gasteiger partial charge in [-0.3, -0.25) is 4.79 Å². The van der Waals surface area contributed by atoms with E-state index < -0.39 is 5.97 Å². The Balaban J connectivity index is 1.56. The fourth-order valence-corrected chi connectivity index (χ4v) is 2.63. The van der Waals surface area contributed by atoms with Crippen molar-refractivity contribution in [2.45, 2.75) is 13.0 Å². The molecule has 118 valence electrons. The zero-order chi connectivity index (χ0) is 16.2. The van der Waals surface area contributed by atoms with Gasteiger partial charge in [0.2, 0.25) is 0 Å². The second-order valence-corrected chi connectivity index (χ2v) is 5.53. The van der Waals surface area contributed by atoms with Crippen LogP contribution in [0.5, 0.6) is 0 Å². The van der Waals surface area contributed by atoms with E-state index in [1.165, 1.54) is 5.56 Å². The van der Waals surface area contributed by atoms with Crippen LogP contribution in [0.15, 0.2) is 48.5 Å². The normalized spacial score (nSPS) is 13.3. The van der Waals surface area contributed by atoms with Gasteiger partial charge >= 0.3 is 5.97 Å². The van der Waals surface area contributed by atoms with E-state index in [-0.39, 0.29) is 12.5 Å². The number of nitrogen functional groups attached to an aromatic ring is 1. The van der Waals surface area contributed by atoms with Crippen LogP contribution >= 0.6 is 0 Å². The Morgan fingerprint density at radius 2 is 1.74 bits per heavy atom. The van der Waals surface area contributed by atoms with Crippen molar-refractivity contribution in [3.63, 3.8) is 0 Å². The molecule has 1 aliphatic heterocycles. The zero-order valence-electron chi connectivity index (χ0n) is 12.7. The van der Waals surface area contributed by atoms with Crippen molar-refractivity contribution >= 4 is 17.6 Å². The summed E-state index contributed by atoms with van der Waals surface area (Å²) in [6.45, 7) is 0.967. The van der Waals surface area contributed by atoms with Crippen LogP contribution in [0.1, 0.15) is 21.5 Å². The first kappa shape index (κ1) is 15.1. The SMILES string of the molecule is Nc1ccc(C(=O)OCC(=O)N2CCc3ccccc3C2)cc1. The number of hydrogen-bond acceptors (Lipinski definition) is 4. The maximum Gasteiger partial charge on any atom is 0.338 e. The predicted molar refractivity (Wildman–Crippen MR) is 86.7 cm³/mol. The van der Waals surface area contributed by atoms with Crippen molar-refractivity contribution in [3.8, 4) is 0 Å². The Kier molecular flexibility index (Phi) is 4.28. The summed E-state index contributed by atoms with van der Waals surface area (Å²) in [6.07, 6.45) is 0.827. The van der Waals surface area contributed by atoms with E-state index in [2.05, 4.69) is 6.07 Å². The molecule has 0 fully saturated rings. The highest BCUT2D eigenvalue weighted by Gasteiger charge is 2.21. The van der Waals surface area contributed by atoms with Crippen LogP contribution in [0.2, 0.25) is 0 Å². The van der Waals surface area contributed by atoms with E-state index in [9.17, 15) is 9.59 Å². The number of nitrogens with zero attached hydrogens (tertiary/aromatic N) is 1. The standard InChI is InChI=1S/C18H18N2O3/c19-16-7-5-14(6-8-16)18(22)23-12-17(21)20-10-9-13-3-1-2-4-15(13)11-20/h1-8H,9-12,19H2. The second kappa shape index (κ2) is 6.52. The number of rotatable bonds is 3. The third-order valence-electron chi connectivity index (χ3n) is 3.96. The van der Waals surface area contributed by atoms with Gasteiger partial charge in [0.1, 0.15) is 0 Å². The van der Waals surface area contributed by atoms with Gasteiger partial charge in [-0.25, -0.2) is 4.79 Å². The van der Waals surface area contributed by atoms with Crippen molar-refractivity contribution < 1.29 is 14.3 Å². The topological polar surface area (TPSA) is 72.6 Å². The van der Waals surface area contributed by atoms with E-state index in [1.54, 1.807) is 29.2 Å². The Morgan fingerprint density at radius 3 is 2.48 bits per heavy atom. The number of ether oxygens (including phenoxy) is 1. The molecule has 0 atom stereocenters. The molecule has 3 rings (SSSR count). The minimum Gasteiger partial charge on any atom is -0.452 e. The summed E-state index contributed by atoms with van der Waals surface area (Å²) < 4.78 is 5.10. The Labute approximate surface area is 134 Å². The lowest BCUT2D eigenvalue weighted by Gasteiger charge is -2.28. The maximum absolute atomic E-state index is 12.2. The number of nitrogens with two attached hydrogens (primary N) is 1. The largest absolute Gasteiger partial charge is 0.452 e. The Morgan fingerprint density at radius 1 is 1.04 bits per heavy atom. The van der Waals surface area contributed by atoms with E-state index >= 15 is 0 Å². The molecule has 1 amide bonds. The van der Waals surface area contributed by atoms with Gasteiger partial charge in [-0.15, -0.1) is 0 Å². The van der Waals surface area contributed by atoms with Gasteiger partial charge in [0.25, 0.3) is 5.91 Å². The number of fused-ring (bicyclic) bond motifs is 1. The first-order chi connectivity index (χ1) is 11.1. The minimum atomic E-state index is -0.518. The number of anilines is 1. The fourth-order valence-electron chi connectivity index (χ4n) is 2.63. The van der Waals surface area contributed by atoms with Gasteiger partial charge in [-0.05, 0) is 41.8 Å². The molecule has 2 aromatic carbocycles. The molecular formula is C18H18N2O3. The average Bonchev–Trinajstić information content (AvgIpc) is 2.59. The molecule has 0 aromatic heterocycles. The summed E-state index contributed by atoms with van der Waals surface area (Å²) in [7, 11) is 0. The molecule has 0 saturated heterocycles. The minimum absolute atomic E-state index is 0.178. The molecule has 2 N–H and O–H groups in total. The summed E-state index contributed by atoms with van der Waals surface area (Å²) in [6, 6.07) is 14.5. The van der Waals surface area contributed by atoms with Crippen molar-refractivity contribution in [3.05, 3.63) is 65.2 Å². The number of carbonyl (C=O) groups is 2. The van der Waals surface area contributed by atoms with E-state index in [1.807, 2.05) is 18.2 Å². The molecule has 23 heavy (non-hydrogen) atoms. The molecule has 0 unspecified atom stereocenters. The first-order valence-corrected chi connectivity index (χ1v) is 7.51. The molecule has 2 aromatic rings. The van der Waals surface area contributed by atoms with Crippen LogP contribution < -0.4 is 5.73 Å². The lowest BCUT2D eigenvalue weighted by atomic mass is 10.00. The van der Waals surface area contributed by atoms with Crippen molar-refractivity contribution in [1.29, 1.82) is 0 Å². The van der Waals surface area contributed by atoms with Gasteiger partial charge in [-0.2, -0.15) is 0 Å². The second-order valence-electron chi connectivity index (χ2n) is 5.53. The van der Waals surface area contributed by atoms with Gasteiger partial charge in [0.05, 0.1) is 5.56 Å². The summed E-state index contributed by atoms with van der Waals surface area (Å²) in [5, 5.41) is 0. The number of carbonyl (C=O) groups excluding carboxylic acids is 2. The highest BCUT2D eigenvalue weighted by atomic mass is 16.5. The molecule has 0 radical (unpaired) electrons. The van der Waals surface area contributed by atoms with Crippen LogP contribution in [-0.2, 0) is 22.5 Å². The Bertz CT molecular complexity index is 725. The molecule has 0 bridgehead atoms. The monoisotopic (exact) mass is 310 g/mol. The lowest BCUT2D eigenvalue weighted by molar-refractivity contribution is -0.135. The van der Waals surface area contributed by atoms with Crippen LogP contribution in [0.25, 0.3) is 0 Å². The molecule has 1 heterocycles. The van der Waals surface area contributed by atoms with Gasteiger partial charge in [-0.1, -0.05) is 24.3 Å². The molecule has 0 saturated carbocycles. The van der Waals surface area contributed by atoms with Crippen LogP contribution in [0, 0.1) is 0 Å². The third kappa shape index (κ3) is 3.51. The number of hydrogen-bond donors (Lipinski definition) is 1. The maximum atomic E-state index is 12.2. The van der Waals surface area contributed by atoms with Gasteiger partial charge in [0, 0.05) is 18.8 Å². The third-order valence-corrected chi connectivity index (χ3v) is 3.96. The average molecular weight is 310 g/mol. The van der Waals surface area contributed by atoms with Crippen LogP contribution in [0.4, 0.5) is 5.69 Å². The van der Waals surface area contributed by atoms with Gasteiger partial charge < -0.3 is 15.4 Å². The fraction of sp³-hybridized carbons (Fsp3) is 0.222. The van der Waals surface area contributed by atoms with E-state index in [0.29, 0.717) is 24.3 Å². The molecule has 0 aliphatic carbocycles. The van der Waals surface area contributed by atoms with Crippen molar-refractivity contribution in [2.75, 3.05) is 18.9 Å². The lowest BCUT2D eigenvalue weighted by Crippen LogP contribution is -2.38. The summed E-state index contributed by atoms with van der Waals surface area (Å²) in [5.41, 5.74) is 8.95. The summed E-state index contributed by atoms with van der Waals surface area (Å²) >= 11 is 0. The smallest absolute Gasteiger partial charge is 0.338 e. The van der Waals surface area contributed by atoms with Crippen molar-refractivity contribution in [2.24, 2.45) is 0 Å². The Hall–Kier alpha value is -2.82. The van der Waals surface area contributed by atoms with E-state index in [0.717, 1.165) is 12.0 Å².